The zero-order valence-corrected chi connectivity index (χ0v) is 13.1. The van der Waals surface area contributed by atoms with Gasteiger partial charge in [-0.05, 0) is 5.56 Å². The summed E-state index contributed by atoms with van der Waals surface area (Å²) in [5, 5.41) is 1.77. The highest BCUT2D eigenvalue weighted by atomic mass is 32.1. The molecule has 0 saturated carbocycles. The smallest absolute Gasteiger partial charge is 0.273 e. The summed E-state index contributed by atoms with van der Waals surface area (Å²) >= 11 is 1.41. The Morgan fingerprint density at radius 2 is 2.00 bits per heavy atom. The Morgan fingerprint density at radius 3 is 2.64 bits per heavy atom. The first-order valence-electron chi connectivity index (χ1n) is 7.16. The van der Waals surface area contributed by atoms with Gasteiger partial charge in [-0.25, -0.2) is 4.98 Å². The predicted molar refractivity (Wildman–Crippen MR) is 84.6 cm³/mol. The van der Waals surface area contributed by atoms with E-state index in [4.69, 9.17) is 0 Å². The van der Waals surface area contributed by atoms with Crippen LogP contribution < -0.4 is 0 Å². The van der Waals surface area contributed by atoms with Crippen molar-refractivity contribution in [1.82, 2.24) is 14.8 Å². The van der Waals surface area contributed by atoms with E-state index in [1.165, 1.54) is 11.3 Å². The molecule has 22 heavy (non-hydrogen) atoms. The molecule has 1 aromatic carbocycles. The van der Waals surface area contributed by atoms with E-state index in [1.807, 2.05) is 35.2 Å². The van der Waals surface area contributed by atoms with Crippen molar-refractivity contribution in [2.45, 2.75) is 13.0 Å². The Balaban J connectivity index is 1.90. The SMILES string of the molecule is CC(=O)N1CCN(C(=O)c2cscn2)[C@@H](c2ccccc2)C1. The van der Waals surface area contributed by atoms with Gasteiger partial charge in [0.2, 0.25) is 5.91 Å². The summed E-state index contributed by atoms with van der Waals surface area (Å²) < 4.78 is 0. The Kier molecular flexibility index (Phi) is 4.20. The number of carbonyl (C=O) groups is 2. The largest absolute Gasteiger partial charge is 0.339 e. The number of aromatic nitrogens is 1. The van der Waals surface area contributed by atoms with Crippen molar-refractivity contribution in [2.75, 3.05) is 19.6 Å². The molecule has 0 N–H and O–H groups in total. The molecule has 0 bridgehead atoms. The van der Waals surface area contributed by atoms with Crippen molar-refractivity contribution in [3.8, 4) is 0 Å². The molecule has 1 fully saturated rings. The maximum absolute atomic E-state index is 12.7. The van der Waals surface area contributed by atoms with Gasteiger partial charge >= 0.3 is 0 Å². The molecule has 5 nitrogen and oxygen atoms in total. The van der Waals surface area contributed by atoms with Crippen LogP contribution >= 0.6 is 11.3 Å². The molecular formula is C16H17N3O2S. The summed E-state index contributed by atoms with van der Waals surface area (Å²) in [6.45, 7) is 3.18. The second-order valence-electron chi connectivity index (χ2n) is 5.26. The first-order valence-corrected chi connectivity index (χ1v) is 8.10. The second-order valence-corrected chi connectivity index (χ2v) is 5.98. The van der Waals surface area contributed by atoms with Gasteiger partial charge in [-0.2, -0.15) is 0 Å². The van der Waals surface area contributed by atoms with Gasteiger partial charge in [0.05, 0.1) is 11.6 Å². The molecule has 0 radical (unpaired) electrons. The third-order valence-corrected chi connectivity index (χ3v) is 4.51. The van der Waals surface area contributed by atoms with Gasteiger partial charge in [-0.3, -0.25) is 9.59 Å². The predicted octanol–water partition coefficient (Wildman–Crippen LogP) is 2.19. The fourth-order valence-electron chi connectivity index (χ4n) is 2.74. The molecular weight excluding hydrogens is 298 g/mol. The van der Waals surface area contributed by atoms with Gasteiger partial charge in [-0.15, -0.1) is 11.3 Å². The highest BCUT2D eigenvalue weighted by Gasteiger charge is 2.33. The Bertz CT molecular complexity index is 657. The average molecular weight is 315 g/mol. The Labute approximate surface area is 133 Å². The first kappa shape index (κ1) is 14.7. The van der Waals surface area contributed by atoms with Gasteiger partial charge in [0.25, 0.3) is 5.91 Å². The van der Waals surface area contributed by atoms with Crippen molar-refractivity contribution in [3.05, 3.63) is 52.5 Å². The molecule has 0 spiro atoms. The molecule has 1 saturated heterocycles. The van der Waals surface area contributed by atoms with Crippen molar-refractivity contribution < 1.29 is 9.59 Å². The monoisotopic (exact) mass is 315 g/mol. The lowest BCUT2D eigenvalue weighted by atomic mass is 10.0. The zero-order chi connectivity index (χ0) is 15.5. The fraction of sp³-hybridized carbons (Fsp3) is 0.312. The molecule has 1 aliphatic rings. The molecule has 2 amide bonds. The highest BCUT2D eigenvalue weighted by molar-refractivity contribution is 7.07. The van der Waals surface area contributed by atoms with E-state index in [9.17, 15) is 9.59 Å². The number of hydrogen-bond donors (Lipinski definition) is 0. The van der Waals surface area contributed by atoms with Crippen LogP contribution in [0.15, 0.2) is 41.2 Å². The van der Waals surface area contributed by atoms with Crippen LogP contribution in [0.25, 0.3) is 0 Å². The van der Waals surface area contributed by atoms with Crippen molar-refractivity contribution in [1.29, 1.82) is 0 Å². The molecule has 1 aromatic heterocycles. The van der Waals surface area contributed by atoms with E-state index in [0.29, 0.717) is 25.3 Å². The Hall–Kier alpha value is -2.21. The number of amides is 2. The zero-order valence-electron chi connectivity index (χ0n) is 12.3. The number of nitrogens with zero attached hydrogens (tertiary/aromatic N) is 3. The fourth-order valence-corrected chi connectivity index (χ4v) is 3.26. The van der Waals surface area contributed by atoms with Crippen LogP contribution in [0.4, 0.5) is 0 Å². The van der Waals surface area contributed by atoms with E-state index in [0.717, 1.165) is 5.56 Å². The lowest BCUT2D eigenvalue weighted by Crippen LogP contribution is -2.51. The molecule has 3 rings (SSSR count). The first-order chi connectivity index (χ1) is 10.7. The topological polar surface area (TPSA) is 53.5 Å². The van der Waals surface area contributed by atoms with Crippen LogP contribution in [0.3, 0.4) is 0 Å². The van der Waals surface area contributed by atoms with Crippen LogP contribution in [0.5, 0.6) is 0 Å². The minimum Gasteiger partial charge on any atom is -0.339 e. The number of thiazole rings is 1. The van der Waals surface area contributed by atoms with E-state index in [-0.39, 0.29) is 17.9 Å². The van der Waals surface area contributed by atoms with Crippen LogP contribution in [-0.4, -0.2) is 46.2 Å². The van der Waals surface area contributed by atoms with Crippen LogP contribution in [-0.2, 0) is 4.79 Å². The number of carbonyl (C=O) groups excluding carboxylic acids is 2. The summed E-state index contributed by atoms with van der Waals surface area (Å²) in [5.74, 6) is -0.0278. The third-order valence-electron chi connectivity index (χ3n) is 3.92. The number of piperazine rings is 1. The van der Waals surface area contributed by atoms with Crippen LogP contribution in [0.1, 0.15) is 29.0 Å². The standard InChI is InChI=1S/C16H17N3O2S/c1-12(20)18-7-8-19(16(21)14-10-22-11-17-14)15(9-18)13-5-3-2-4-6-13/h2-6,10-11,15H,7-9H2,1H3/t15-/m1/s1. The molecule has 2 aromatic rings. The number of rotatable bonds is 2. The maximum atomic E-state index is 12.7. The molecule has 114 valence electrons. The Morgan fingerprint density at radius 1 is 1.23 bits per heavy atom. The van der Waals surface area contributed by atoms with E-state index >= 15 is 0 Å². The van der Waals surface area contributed by atoms with Crippen LogP contribution in [0.2, 0.25) is 0 Å². The quantitative estimate of drug-likeness (QED) is 0.853. The van der Waals surface area contributed by atoms with Gasteiger partial charge in [0, 0.05) is 31.9 Å². The second kappa shape index (κ2) is 6.27. The average Bonchev–Trinajstić information content (AvgIpc) is 3.09. The number of benzene rings is 1. The summed E-state index contributed by atoms with van der Waals surface area (Å²) in [5.41, 5.74) is 3.18. The van der Waals surface area contributed by atoms with Gasteiger partial charge < -0.3 is 9.80 Å². The summed E-state index contributed by atoms with van der Waals surface area (Å²) in [6.07, 6.45) is 0. The van der Waals surface area contributed by atoms with E-state index in [2.05, 4.69) is 4.98 Å². The van der Waals surface area contributed by atoms with E-state index in [1.54, 1.807) is 22.7 Å². The van der Waals surface area contributed by atoms with Crippen molar-refractivity contribution >= 4 is 23.2 Å². The molecule has 6 heteroatoms. The lowest BCUT2D eigenvalue weighted by molar-refractivity contribution is -0.131. The summed E-state index contributed by atoms with van der Waals surface area (Å²) in [6, 6.07) is 9.71. The normalized spacial score (nSPS) is 18.3. The minimum absolute atomic E-state index is 0.0432. The van der Waals surface area contributed by atoms with E-state index < -0.39 is 0 Å². The molecule has 0 unspecified atom stereocenters. The maximum Gasteiger partial charge on any atom is 0.273 e. The summed E-state index contributed by atoms with van der Waals surface area (Å²) in [7, 11) is 0. The third kappa shape index (κ3) is 2.87. The van der Waals surface area contributed by atoms with Gasteiger partial charge in [-0.1, -0.05) is 30.3 Å². The van der Waals surface area contributed by atoms with Gasteiger partial charge in [0.15, 0.2) is 0 Å². The van der Waals surface area contributed by atoms with Crippen LogP contribution in [0, 0.1) is 0 Å². The lowest BCUT2D eigenvalue weighted by Gasteiger charge is -2.41. The molecule has 2 heterocycles. The minimum atomic E-state index is -0.131. The molecule has 1 aliphatic heterocycles. The molecule has 0 aliphatic carbocycles. The number of hydrogen-bond acceptors (Lipinski definition) is 4. The van der Waals surface area contributed by atoms with Crippen molar-refractivity contribution in [3.63, 3.8) is 0 Å². The highest BCUT2D eigenvalue weighted by Crippen LogP contribution is 2.27. The molecule has 1 atom stereocenters. The summed E-state index contributed by atoms with van der Waals surface area (Å²) in [4.78, 5) is 32.1. The van der Waals surface area contributed by atoms with Gasteiger partial charge in [0.1, 0.15) is 5.69 Å². The van der Waals surface area contributed by atoms with Crippen molar-refractivity contribution in [2.24, 2.45) is 0 Å².